The van der Waals surface area contributed by atoms with Crippen molar-refractivity contribution in [3.8, 4) is 10.7 Å². The van der Waals surface area contributed by atoms with Crippen LogP contribution in [0.15, 0.2) is 69.8 Å². The molecule has 0 saturated carbocycles. The van der Waals surface area contributed by atoms with Crippen molar-refractivity contribution >= 4 is 46.9 Å². The molecule has 31 heavy (non-hydrogen) atoms. The predicted molar refractivity (Wildman–Crippen MR) is 130 cm³/mol. The number of hydrogen-bond acceptors (Lipinski definition) is 5. The Labute approximate surface area is 194 Å². The summed E-state index contributed by atoms with van der Waals surface area (Å²) in [4.78, 5) is 15.9. The highest BCUT2D eigenvalue weighted by molar-refractivity contribution is 7.99. The van der Waals surface area contributed by atoms with Gasteiger partial charge in [0.25, 0.3) is 0 Å². The summed E-state index contributed by atoms with van der Waals surface area (Å²) in [6.45, 7) is 4.68. The first-order valence-corrected chi connectivity index (χ1v) is 11.9. The van der Waals surface area contributed by atoms with Gasteiger partial charge < -0.3 is 5.32 Å². The summed E-state index contributed by atoms with van der Waals surface area (Å²) >= 11 is 8.65. The number of nitrogens with one attached hydrogen (secondary N) is 2. The van der Waals surface area contributed by atoms with Crippen molar-refractivity contribution < 1.29 is 4.79 Å². The predicted octanol–water partition coefficient (Wildman–Crippen LogP) is 6.47. The molecule has 4 rings (SSSR count). The van der Waals surface area contributed by atoms with Crippen molar-refractivity contribution in [1.82, 2.24) is 14.8 Å². The SMILES string of the molecule is Cc1ccc(C)c(Sc2ccc(NC(=O)CCn3c(-c4cccs4)n[nH]c3=S)cc2)c1. The highest BCUT2D eigenvalue weighted by atomic mass is 32.2. The van der Waals surface area contributed by atoms with Crippen LogP contribution >= 0.6 is 35.3 Å². The fraction of sp³-hybridized carbons (Fsp3) is 0.174. The molecule has 5 nitrogen and oxygen atoms in total. The van der Waals surface area contributed by atoms with Crippen molar-refractivity contribution in [1.29, 1.82) is 0 Å². The van der Waals surface area contributed by atoms with E-state index in [9.17, 15) is 4.79 Å². The van der Waals surface area contributed by atoms with E-state index in [1.54, 1.807) is 23.1 Å². The van der Waals surface area contributed by atoms with Gasteiger partial charge in [0, 0.05) is 28.4 Å². The molecule has 2 aromatic heterocycles. The maximum Gasteiger partial charge on any atom is 0.226 e. The molecule has 0 fully saturated rings. The summed E-state index contributed by atoms with van der Waals surface area (Å²) in [6, 6.07) is 18.4. The number of aromatic amines is 1. The number of hydrogen-bond donors (Lipinski definition) is 2. The van der Waals surface area contributed by atoms with Gasteiger partial charge >= 0.3 is 0 Å². The summed E-state index contributed by atoms with van der Waals surface area (Å²) < 4.78 is 2.38. The topological polar surface area (TPSA) is 62.7 Å². The smallest absolute Gasteiger partial charge is 0.226 e. The Kier molecular flexibility index (Phi) is 6.70. The number of anilines is 1. The quantitative estimate of drug-likeness (QED) is 0.307. The van der Waals surface area contributed by atoms with Gasteiger partial charge in [-0.3, -0.25) is 14.5 Å². The average Bonchev–Trinajstić information content (AvgIpc) is 3.40. The van der Waals surface area contributed by atoms with Crippen molar-refractivity contribution in [3.63, 3.8) is 0 Å². The Balaban J connectivity index is 1.36. The van der Waals surface area contributed by atoms with Gasteiger partial charge in [-0.1, -0.05) is 30.0 Å². The van der Waals surface area contributed by atoms with E-state index in [0.717, 1.165) is 21.3 Å². The Morgan fingerprint density at radius 1 is 1.19 bits per heavy atom. The van der Waals surface area contributed by atoms with Crippen LogP contribution < -0.4 is 5.32 Å². The number of thiophene rings is 1. The van der Waals surface area contributed by atoms with Crippen molar-refractivity contribution in [2.75, 3.05) is 5.32 Å². The van der Waals surface area contributed by atoms with Gasteiger partial charge in [-0.2, -0.15) is 5.10 Å². The van der Waals surface area contributed by atoms with Crippen molar-refractivity contribution in [2.45, 2.75) is 36.6 Å². The number of aromatic nitrogens is 3. The van der Waals surface area contributed by atoms with E-state index in [1.165, 1.54) is 16.0 Å². The summed E-state index contributed by atoms with van der Waals surface area (Å²) in [5.74, 6) is 0.704. The maximum atomic E-state index is 12.5. The van der Waals surface area contributed by atoms with E-state index in [-0.39, 0.29) is 5.91 Å². The maximum absolute atomic E-state index is 12.5. The van der Waals surface area contributed by atoms with E-state index in [0.29, 0.717) is 17.7 Å². The lowest BCUT2D eigenvalue weighted by Gasteiger charge is -2.09. The van der Waals surface area contributed by atoms with Gasteiger partial charge in [0.2, 0.25) is 5.91 Å². The monoisotopic (exact) mass is 466 g/mol. The van der Waals surface area contributed by atoms with E-state index >= 15 is 0 Å². The number of rotatable bonds is 7. The molecule has 158 valence electrons. The van der Waals surface area contributed by atoms with Crippen molar-refractivity contribution in [2.24, 2.45) is 0 Å². The number of amides is 1. The molecule has 8 heteroatoms. The third-order valence-corrected chi connectivity index (χ3v) is 7.12. The summed E-state index contributed by atoms with van der Waals surface area (Å²) in [5, 5.41) is 12.1. The summed E-state index contributed by atoms with van der Waals surface area (Å²) in [7, 11) is 0. The molecule has 0 unspecified atom stereocenters. The van der Waals surface area contributed by atoms with E-state index in [1.807, 2.05) is 46.3 Å². The number of aryl methyl sites for hydroxylation is 2. The summed E-state index contributed by atoms with van der Waals surface area (Å²) in [6.07, 6.45) is 0.311. The molecule has 2 N–H and O–H groups in total. The van der Waals surface area contributed by atoms with Crippen LogP contribution in [0.2, 0.25) is 0 Å². The van der Waals surface area contributed by atoms with Crippen LogP contribution in [-0.2, 0) is 11.3 Å². The molecule has 0 bridgehead atoms. The van der Waals surface area contributed by atoms with Crippen LogP contribution in [0.1, 0.15) is 17.5 Å². The molecule has 2 aromatic carbocycles. The molecule has 4 aromatic rings. The van der Waals surface area contributed by atoms with Crippen molar-refractivity contribution in [3.05, 3.63) is 75.9 Å². The van der Waals surface area contributed by atoms with Crippen LogP contribution in [0.5, 0.6) is 0 Å². The lowest BCUT2D eigenvalue weighted by molar-refractivity contribution is -0.116. The Hall–Kier alpha value is -2.68. The van der Waals surface area contributed by atoms with Gasteiger partial charge in [0.15, 0.2) is 10.6 Å². The second-order valence-corrected chi connectivity index (χ2v) is 9.62. The van der Waals surface area contributed by atoms with Crippen LogP contribution in [0.25, 0.3) is 10.7 Å². The zero-order valence-electron chi connectivity index (χ0n) is 17.2. The second-order valence-electron chi connectivity index (χ2n) is 7.17. The number of carbonyl (C=O) groups is 1. The van der Waals surface area contributed by atoms with Gasteiger partial charge in [-0.15, -0.1) is 11.3 Å². The molecule has 0 spiro atoms. The Morgan fingerprint density at radius 2 is 2.00 bits per heavy atom. The molecule has 0 saturated heterocycles. The molecule has 0 aliphatic carbocycles. The van der Waals surface area contributed by atoms with E-state index < -0.39 is 0 Å². The molecule has 0 aliphatic rings. The molecule has 0 aliphatic heterocycles. The van der Waals surface area contributed by atoms with E-state index in [2.05, 4.69) is 47.6 Å². The number of carbonyl (C=O) groups excluding carboxylic acids is 1. The van der Waals surface area contributed by atoms with E-state index in [4.69, 9.17) is 12.2 Å². The fourth-order valence-corrected chi connectivity index (χ4v) is 5.05. The highest BCUT2D eigenvalue weighted by Gasteiger charge is 2.12. The zero-order valence-corrected chi connectivity index (χ0v) is 19.7. The molecular formula is C23H22N4OS3. The number of benzene rings is 2. The second kappa shape index (κ2) is 9.64. The first kappa shape index (κ1) is 21.5. The lowest BCUT2D eigenvalue weighted by Crippen LogP contribution is -2.15. The Morgan fingerprint density at radius 3 is 2.74 bits per heavy atom. The standard InChI is InChI=1S/C23H22N4OS3/c1-15-5-6-16(2)20(14-15)31-18-9-7-17(8-10-18)24-21(28)11-12-27-22(25-26-23(27)29)19-4-3-13-30-19/h3-10,13-14H,11-12H2,1-2H3,(H,24,28)(H,26,29). The Bertz CT molecular complexity index is 1240. The van der Waals surface area contributed by atoms with Crippen LogP contribution in [0, 0.1) is 18.6 Å². The fourth-order valence-electron chi connectivity index (χ4n) is 3.11. The van der Waals surface area contributed by atoms with Gasteiger partial charge in [-0.25, -0.2) is 0 Å². The van der Waals surface area contributed by atoms with Crippen LogP contribution in [0.3, 0.4) is 0 Å². The minimum Gasteiger partial charge on any atom is -0.326 e. The highest BCUT2D eigenvalue weighted by Crippen LogP contribution is 2.31. The number of nitrogens with zero attached hydrogens (tertiary/aromatic N) is 2. The minimum absolute atomic E-state index is 0.0600. The average molecular weight is 467 g/mol. The summed E-state index contributed by atoms with van der Waals surface area (Å²) in [5.41, 5.74) is 3.29. The first-order valence-electron chi connectivity index (χ1n) is 9.84. The van der Waals surface area contributed by atoms with Crippen LogP contribution in [0.4, 0.5) is 5.69 Å². The number of H-pyrrole nitrogens is 1. The normalized spacial score (nSPS) is 10.9. The minimum atomic E-state index is -0.0600. The molecular weight excluding hydrogens is 444 g/mol. The molecule has 1 amide bonds. The molecule has 0 radical (unpaired) electrons. The van der Waals surface area contributed by atoms with Crippen LogP contribution in [-0.4, -0.2) is 20.7 Å². The first-order chi connectivity index (χ1) is 15.0. The largest absolute Gasteiger partial charge is 0.326 e. The van der Waals surface area contributed by atoms with Gasteiger partial charge in [-0.05, 0) is 79.0 Å². The van der Waals surface area contributed by atoms with Gasteiger partial charge in [0.1, 0.15) is 0 Å². The third kappa shape index (κ3) is 5.33. The lowest BCUT2D eigenvalue weighted by atomic mass is 10.2. The molecule has 2 heterocycles. The third-order valence-electron chi connectivity index (χ3n) is 4.77. The van der Waals surface area contributed by atoms with Gasteiger partial charge in [0.05, 0.1) is 4.88 Å². The molecule has 0 atom stereocenters. The zero-order chi connectivity index (χ0) is 21.8.